The van der Waals surface area contributed by atoms with Crippen LogP contribution in [0.15, 0.2) is 0 Å². The molecule has 1 fully saturated rings. The Labute approximate surface area is 128 Å². The van der Waals surface area contributed by atoms with Gasteiger partial charge in [0.1, 0.15) is 0 Å². The lowest BCUT2D eigenvalue weighted by Gasteiger charge is -2.38. The molecule has 1 aliphatic carbocycles. The summed E-state index contributed by atoms with van der Waals surface area (Å²) >= 11 is 0. The smallest absolute Gasteiger partial charge is 0.00966 e. The van der Waals surface area contributed by atoms with Gasteiger partial charge in [-0.15, -0.1) is 0 Å². The molecule has 0 aromatic rings. The van der Waals surface area contributed by atoms with Crippen molar-refractivity contribution in [3.63, 3.8) is 0 Å². The lowest BCUT2D eigenvalue weighted by molar-refractivity contribution is 0.151. The van der Waals surface area contributed by atoms with Crippen LogP contribution in [-0.4, -0.2) is 12.1 Å². The van der Waals surface area contributed by atoms with Crippen molar-refractivity contribution in [2.75, 3.05) is 6.54 Å². The molecule has 3 atom stereocenters. The molecule has 1 N–H and O–H groups in total. The largest absolute Gasteiger partial charge is 0.312 e. The topological polar surface area (TPSA) is 12.0 Å². The van der Waals surface area contributed by atoms with Crippen molar-refractivity contribution >= 4 is 0 Å². The fraction of sp³-hybridized carbons (Fsp3) is 1.00. The molecule has 0 heterocycles. The van der Waals surface area contributed by atoms with Crippen molar-refractivity contribution in [2.45, 2.75) is 92.0 Å². The monoisotopic (exact) mass is 281 g/mol. The quantitative estimate of drug-likeness (QED) is 0.636. The minimum absolute atomic E-state index is 0.268. The van der Waals surface area contributed by atoms with Crippen molar-refractivity contribution in [1.82, 2.24) is 5.32 Å². The average Bonchev–Trinajstić information content (AvgIpc) is 2.35. The molecule has 20 heavy (non-hydrogen) atoms. The Hall–Kier alpha value is -0.0400. The van der Waals surface area contributed by atoms with E-state index in [-0.39, 0.29) is 5.54 Å². The second kappa shape index (κ2) is 8.41. The fourth-order valence-electron chi connectivity index (χ4n) is 3.64. The molecule has 0 radical (unpaired) electrons. The summed E-state index contributed by atoms with van der Waals surface area (Å²) in [5.74, 6) is 3.77. The third-order valence-electron chi connectivity index (χ3n) is 5.08. The molecular formula is C19H39N. The van der Waals surface area contributed by atoms with Crippen molar-refractivity contribution < 1.29 is 0 Å². The predicted octanol–water partition coefficient (Wildman–Crippen LogP) is 5.64. The van der Waals surface area contributed by atoms with Crippen LogP contribution in [0.25, 0.3) is 0 Å². The molecule has 0 amide bonds. The second-order valence-electron chi connectivity index (χ2n) is 8.56. The Bertz CT molecular complexity index is 251. The van der Waals surface area contributed by atoms with Gasteiger partial charge >= 0.3 is 0 Å². The van der Waals surface area contributed by atoms with E-state index in [1.807, 2.05) is 0 Å². The van der Waals surface area contributed by atoms with E-state index in [1.165, 1.54) is 51.5 Å². The van der Waals surface area contributed by atoms with Crippen LogP contribution in [-0.2, 0) is 0 Å². The maximum Gasteiger partial charge on any atom is 0.00966 e. The summed E-state index contributed by atoms with van der Waals surface area (Å²) in [5.41, 5.74) is 0.268. The molecule has 1 heteroatoms. The van der Waals surface area contributed by atoms with Crippen LogP contribution in [0.2, 0.25) is 0 Å². The summed E-state index contributed by atoms with van der Waals surface area (Å²) in [6.45, 7) is 15.2. The molecule has 0 bridgehead atoms. The molecule has 1 rings (SSSR count). The maximum atomic E-state index is 3.75. The molecule has 1 saturated carbocycles. The van der Waals surface area contributed by atoms with Crippen LogP contribution >= 0.6 is 0 Å². The van der Waals surface area contributed by atoms with E-state index in [9.17, 15) is 0 Å². The second-order valence-corrected chi connectivity index (χ2v) is 8.56. The third-order valence-corrected chi connectivity index (χ3v) is 5.08. The molecule has 1 aliphatic rings. The zero-order valence-electron chi connectivity index (χ0n) is 15.0. The van der Waals surface area contributed by atoms with Gasteiger partial charge in [-0.1, -0.05) is 52.9 Å². The van der Waals surface area contributed by atoms with Crippen molar-refractivity contribution in [1.29, 1.82) is 0 Å². The zero-order valence-corrected chi connectivity index (χ0v) is 15.0. The van der Waals surface area contributed by atoms with Crippen LogP contribution in [0.3, 0.4) is 0 Å². The van der Waals surface area contributed by atoms with Crippen LogP contribution in [0, 0.1) is 23.7 Å². The molecule has 1 nitrogen and oxygen atoms in total. The van der Waals surface area contributed by atoms with Gasteiger partial charge in [0.05, 0.1) is 0 Å². The van der Waals surface area contributed by atoms with Crippen LogP contribution in [0.4, 0.5) is 0 Å². The molecule has 0 aromatic carbocycles. The van der Waals surface area contributed by atoms with Gasteiger partial charge in [0.2, 0.25) is 0 Å². The van der Waals surface area contributed by atoms with Gasteiger partial charge in [-0.2, -0.15) is 0 Å². The first-order chi connectivity index (χ1) is 9.31. The lowest BCUT2D eigenvalue weighted by atomic mass is 9.71. The summed E-state index contributed by atoms with van der Waals surface area (Å²) in [6.07, 6.45) is 10.1. The predicted molar refractivity (Wildman–Crippen MR) is 91.1 cm³/mol. The maximum absolute atomic E-state index is 3.75. The highest BCUT2D eigenvalue weighted by Crippen LogP contribution is 2.38. The Morgan fingerprint density at radius 1 is 1.10 bits per heavy atom. The molecule has 3 unspecified atom stereocenters. The van der Waals surface area contributed by atoms with E-state index in [0.717, 1.165) is 23.7 Å². The van der Waals surface area contributed by atoms with Crippen molar-refractivity contribution in [2.24, 2.45) is 23.7 Å². The summed E-state index contributed by atoms with van der Waals surface area (Å²) in [4.78, 5) is 0. The van der Waals surface area contributed by atoms with Gasteiger partial charge in [-0.25, -0.2) is 0 Å². The normalized spacial score (nSPS) is 28.1. The summed E-state index contributed by atoms with van der Waals surface area (Å²) in [5, 5.41) is 3.75. The Morgan fingerprint density at radius 3 is 2.35 bits per heavy atom. The van der Waals surface area contributed by atoms with Gasteiger partial charge in [-0.3, -0.25) is 0 Å². The van der Waals surface area contributed by atoms with Gasteiger partial charge in [-0.05, 0) is 63.8 Å². The standard InChI is InChI=1S/C19H39N/c1-7-16-11-12-18(14-20-19(4,5)6)17(13-16)10-8-9-15(2)3/h15-18,20H,7-14H2,1-6H3. The number of hydrogen-bond acceptors (Lipinski definition) is 1. The van der Waals surface area contributed by atoms with Crippen molar-refractivity contribution in [3.05, 3.63) is 0 Å². The van der Waals surface area contributed by atoms with E-state index >= 15 is 0 Å². The van der Waals surface area contributed by atoms with E-state index in [1.54, 1.807) is 0 Å². The first-order valence-electron chi connectivity index (χ1n) is 9.06. The Balaban J connectivity index is 2.46. The minimum atomic E-state index is 0.268. The van der Waals surface area contributed by atoms with Crippen LogP contribution in [0.5, 0.6) is 0 Å². The number of nitrogens with one attached hydrogen (secondary N) is 1. The van der Waals surface area contributed by atoms with E-state index in [0.29, 0.717) is 0 Å². The SMILES string of the molecule is CCC1CCC(CNC(C)(C)C)C(CCCC(C)C)C1. The average molecular weight is 282 g/mol. The lowest BCUT2D eigenvalue weighted by Crippen LogP contribution is -2.42. The van der Waals surface area contributed by atoms with E-state index in [2.05, 4.69) is 46.9 Å². The van der Waals surface area contributed by atoms with Crippen molar-refractivity contribution in [3.8, 4) is 0 Å². The number of hydrogen-bond donors (Lipinski definition) is 1. The van der Waals surface area contributed by atoms with Gasteiger partial charge in [0.15, 0.2) is 0 Å². The molecule has 0 saturated heterocycles. The van der Waals surface area contributed by atoms with Crippen LogP contribution in [0.1, 0.15) is 86.5 Å². The molecular weight excluding hydrogens is 242 g/mol. The highest BCUT2D eigenvalue weighted by atomic mass is 14.9. The number of rotatable bonds is 7. The van der Waals surface area contributed by atoms with E-state index in [4.69, 9.17) is 0 Å². The Morgan fingerprint density at radius 2 is 1.80 bits per heavy atom. The molecule has 0 aliphatic heterocycles. The summed E-state index contributed by atoms with van der Waals surface area (Å²) < 4.78 is 0. The minimum Gasteiger partial charge on any atom is -0.312 e. The van der Waals surface area contributed by atoms with Gasteiger partial charge in [0, 0.05) is 5.54 Å². The zero-order chi connectivity index (χ0) is 15.2. The van der Waals surface area contributed by atoms with Gasteiger partial charge < -0.3 is 5.32 Å². The highest BCUT2D eigenvalue weighted by molar-refractivity contribution is 4.83. The highest BCUT2D eigenvalue weighted by Gasteiger charge is 2.29. The third kappa shape index (κ3) is 7.11. The summed E-state index contributed by atoms with van der Waals surface area (Å²) in [7, 11) is 0. The first kappa shape index (κ1) is 18.0. The Kier molecular flexibility index (Phi) is 7.58. The fourth-order valence-corrected chi connectivity index (χ4v) is 3.64. The summed E-state index contributed by atoms with van der Waals surface area (Å²) in [6, 6.07) is 0. The molecule has 120 valence electrons. The van der Waals surface area contributed by atoms with Gasteiger partial charge in [0.25, 0.3) is 0 Å². The van der Waals surface area contributed by atoms with E-state index < -0.39 is 0 Å². The molecule has 0 spiro atoms. The molecule has 0 aromatic heterocycles. The van der Waals surface area contributed by atoms with Crippen LogP contribution < -0.4 is 5.32 Å². The first-order valence-corrected chi connectivity index (χ1v) is 9.06.